The van der Waals surface area contributed by atoms with Crippen molar-refractivity contribution in [3.63, 3.8) is 0 Å². The van der Waals surface area contributed by atoms with Crippen LogP contribution in [0.4, 0.5) is 5.69 Å². The highest BCUT2D eigenvalue weighted by Gasteiger charge is 2.27. The van der Waals surface area contributed by atoms with Crippen molar-refractivity contribution in [2.45, 2.75) is 23.8 Å². The molecule has 1 heterocycles. The van der Waals surface area contributed by atoms with Crippen molar-refractivity contribution in [1.29, 1.82) is 0 Å². The van der Waals surface area contributed by atoms with E-state index >= 15 is 0 Å². The van der Waals surface area contributed by atoms with Gasteiger partial charge in [0.15, 0.2) is 0 Å². The molecule has 3 rings (SSSR count). The SMILES string of the molecule is C=CCN(c1ccccc1OC)S(=O)(=O)c1cccc(C(=O)NC[C@@H]2CCCO2)c1. The van der Waals surface area contributed by atoms with Crippen LogP contribution in [0.5, 0.6) is 5.75 Å². The van der Waals surface area contributed by atoms with Crippen LogP contribution in [0, 0.1) is 0 Å². The Morgan fingerprint density at radius 3 is 2.80 bits per heavy atom. The number of para-hydroxylation sites is 2. The predicted molar refractivity (Wildman–Crippen MR) is 115 cm³/mol. The van der Waals surface area contributed by atoms with Gasteiger partial charge in [-0.2, -0.15) is 0 Å². The molecule has 0 aliphatic carbocycles. The monoisotopic (exact) mass is 430 g/mol. The number of anilines is 1. The van der Waals surface area contributed by atoms with Crippen LogP contribution in [0.1, 0.15) is 23.2 Å². The van der Waals surface area contributed by atoms with Crippen LogP contribution in [0.2, 0.25) is 0 Å². The second-order valence-corrected chi connectivity index (χ2v) is 8.73. The minimum Gasteiger partial charge on any atom is -0.495 e. The lowest BCUT2D eigenvalue weighted by Crippen LogP contribution is -2.33. The maximum atomic E-state index is 13.4. The molecule has 2 aromatic carbocycles. The molecule has 0 saturated carbocycles. The quantitative estimate of drug-likeness (QED) is 0.618. The summed E-state index contributed by atoms with van der Waals surface area (Å²) in [5, 5.41) is 2.82. The van der Waals surface area contributed by atoms with Crippen molar-refractivity contribution in [1.82, 2.24) is 5.32 Å². The molecule has 2 aromatic rings. The molecule has 0 bridgehead atoms. The van der Waals surface area contributed by atoms with Crippen molar-refractivity contribution >= 4 is 21.6 Å². The van der Waals surface area contributed by atoms with Gasteiger partial charge in [-0.1, -0.05) is 24.3 Å². The summed E-state index contributed by atoms with van der Waals surface area (Å²) in [5.41, 5.74) is 0.667. The summed E-state index contributed by atoms with van der Waals surface area (Å²) in [6.07, 6.45) is 3.40. The van der Waals surface area contributed by atoms with Crippen molar-refractivity contribution in [2.75, 3.05) is 31.1 Å². The molecule has 30 heavy (non-hydrogen) atoms. The van der Waals surface area contributed by atoms with Crippen LogP contribution in [-0.2, 0) is 14.8 Å². The fourth-order valence-electron chi connectivity index (χ4n) is 3.32. The minimum absolute atomic E-state index is 0.00879. The van der Waals surface area contributed by atoms with Crippen LogP contribution in [0.25, 0.3) is 0 Å². The molecule has 0 aromatic heterocycles. The summed E-state index contributed by atoms with van der Waals surface area (Å²) in [6, 6.07) is 12.8. The zero-order valence-corrected chi connectivity index (χ0v) is 17.7. The number of nitrogens with one attached hydrogen (secondary N) is 1. The molecule has 1 aliphatic heterocycles. The van der Waals surface area contributed by atoms with E-state index < -0.39 is 10.0 Å². The normalized spacial score (nSPS) is 16.1. The second-order valence-electron chi connectivity index (χ2n) is 6.87. The van der Waals surface area contributed by atoms with E-state index in [1.807, 2.05) is 0 Å². The Kier molecular flexibility index (Phi) is 7.12. The molecule has 7 nitrogen and oxygen atoms in total. The van der Waals surface area contributed by atoms with Crippen LogP contribution in [0.3, 0.4) is 0 Å². The zero-order valence-electron chi connectivity index (χ0n) is 16.9. The highest BCUT2D eigenvalue weighted by atomic mass is 32.2. The van der Waals surface area contributed by atoms with Gasteiger partial charge in [-0.3, -0.25) is 9.10 Å². The van der Waals surface area contributed by atoms with Gasteiger partial charge in [-0.25, -0.2) is 8.42 Å². The first-order valence-corrected chi connectivity index (χ1v) is 11.2. The minimum atomic E-state index is -3.96. The molecule has 0 spiro atoms. The molecule has 1 amide bonds. The number of benzene rings is 2. The molecule has 1 aliphatic rings. The summed E-state index contributed by atoms with van der Waals surface area (Å²) in [7, 11) is -2.48. The van der Waals surface area contributed by atoms with E-state index in [1.165, 1.54) is 29.6 Å². The molecule has 160 valence electrons. The van der Waals surface area contributed by atoms with E-state index in [1.54, 1.807) is 36.4 Å². The Morgan fingerprint density at radius 2 is 2.10 bits per heavy atom. The summed E-state index contributed by atoms with van der Waals surface area (Å²) >= 11 is 0. The maximum Gasteiger partial charge on any atom is 0.264 e. The van der Waals surface area contributed by atoms with Gasteiger partial charge < -0.3 is 14.8 Å². The molecule has 1 N–H and O–H groups in total. The van der Waals surface area contributed by atoms with Crippen LogP contribution in [0.15, 0.2) is 66.1 Å². The molecule has 0 unspecified atom stereocenters. The number of rotatable bonds is 9. The fraction of sp³-hybridized carbons (Fsp3) is 0.318. The van der Waals surface area contributed by atoms with E-state index in [4.69, 9.17) is 9.47 Å². The standard InChI is InChI=1S/C22H26N2O5S/c1-3-13-24(20-11-4-5-12-21(20)28-2)30(26,27)19-10-6-8-17(15-19)22(25)23-16-18-9-7-14-29-18/h3-6,8,10-12,15,18H,1,7,9,13-14,16H2,2H3,(H,23,25)/t18-/m0/s1. The Labute approximate surface area is 177 Å². The predicted octanol–water partition coefficient (Wildman–Crippen LogP) is 2.99. The smallest absolute Gasteiger partial charge is 0.264 e. The van der Waals surface area contributed by atoms with Crippen molar-refractivity contribution in [2.24, 2.45) is 0 Å². The number of amides is 1. The largest absolute Gasteiger partial charge is 0.495 e. The topological polar surface area (TPSA) is 84.9 Å². The lowest BCUT2D eigenvalue weighted by atomic mass is 10.2. The third-order valence-corrected chi connectivity index (χ3v) is 6.62. The summed E-state index contributed by atoms with van der Waals surface area (Å²) in [5.74, 6) is 0.0866. The zero-order chi connectivity index (χ0) is 21.6. The summed E-state index contributed by atoms with van der Waals surface area (Å²) in [6.45, 7) is 4.83. The third-order valence-electron chi connectivity index (χ3n) is 4.85. The molecule has 1 saturated heterocycles. The second kappa shape index (κ2) is 9.77. The highest BCUT2D eigenvalue weighted by molar-refractivity contribution is 7.92. The molecule has 8 heteroatoms. The number of carbonyl (C=O) groups excluding carboxylic acids is 1. The Bertz CT molecular complexity index is 1000. The van der Waals surface area contributed by atoms with Gasteiger partial charge in [0, 0.05) is 18.7 Å². The number of sulfonamides is 1. The van der Waals surface area contributed by atoms with E-state index in [9.17, 15) is 13.2 Å². The lowest BCUT2D eigenvalue weighted by Gasteiger charge is -2.25. The molecule has 1 atom stereocenters. The van der Waals surface area contributed by atoms with Crippen molar-refractivity contribution in [3.8, 4) is 5.75 Å². The molecule has 0 radical (unpaired) electrons. The first-order valence-electron chi connectivity index (χ1n) is 9.74. The van der Waals surface area contributed by atoms with Gasteiger partial charge in [0.25, 0.3) is 15.9 Å². The van der Waals surface area contributed by atoms with Gasteiger partial charge in [0.05, 0.1) is 30.3 Å². The number of hydrogen-bond donors (Lipinski definition) is 1. The average molecular weight is 431 g/mol. The Morgan fingerprint density at radius 1 is 1.30 bits per heavy atom. The first-order chi connectivity index (χ1) is 14.5. The van der Waals surface area contributed by atoms with Crippen molar-refractivity contribution < 1.29 is 22.7 Å². The van der Waals surface area contributed by atoms with Gasteiger partial charge in [-0.15, -0.1) is 6.58 Å². The number of methoxy groups -OCH3 is 1. The highest BCUT2D eigenvalue weighted by Crippen LogP contribution is 2.32. The summed E-state index contributed by atoms with van der Waals surface area (Å²) < 4.78 is 38.9. The Hall–Kier alpha value is -2.84. The van der Waals surface area contributed by atoms with Crippen LogP contribution in [-0.4, -0.2) is 47.2 Å². The van der Waals surface area contributed by atoms with E-state index in [2.05, 4.69) is 11.9 Å². The fourth-order valence-corrected chi connectivity index (χ4v) is 4.81. The average Bonchev–Trinajstić information content (AvgIpc) is 3.29. The number of carbonyl (C=O) groups is 1. The van der Waals surface area contributed by atoms with Gasteiger partial charge in [0.2, 0.25) is 0 Å². The molecular weight excluding hydrogens is 404 g/mol. The number of nitrogens with zero attached hydrogens (tertiary/aromatic N) is 1. The maximum absolute atomic E-state index is 13.4. The Balaban J connectivity index is 1.87. The van der Waals surface area contributed by atoms with Gasteiger partial charge >= 0.3 is 0 Å². The lowest BCUT2D eigenvalue weighted by molar-refractivity contribution is 0.0857. The first kappa shape index (κ1) is 21.9. The van der Waals surface area contributed by atoms with Crippen LogP contribution >= 0.6 is 0 Å². The number of hydrogen-bond acceptors (Lipinski definition) is 5. The number of ether oxygens (including phenoxy) is 2. The summed E-state index contributed by atoms with van der Waals surface area (Å²) in [4.78, 5) is 12.5. The van der Waals surface area contributed by atoms with Crippen molar-refractivity contribution in [3.05, 3.63) is 66.7 Å². The third kappa shape index (κ3) is 4.83. The van der Waals surface area contributed by atoms with Crippen LogP contribution < -0.4 is 14.4 Å². The van der Waals surface area contributed by atoms with Gasteiger partial charge in [-0.05, 0) is 43.2 Å². The van der Waals surface area contributed by atoms with E-state index in [0.717, 1.165) is 12.8 Å². The van der Waals surface area contributed by atoms with E-state index in [0.29, 0.717) is 24.6 Å². The van der Waals surface area contributed by atoms with Gasteiger partial charge in [0.1, 0.15) is 5.75 Å². The van der Waals surface area contributed by atoms with E-state index in [-0.39, 0.29) is 29.0 Å². The molecule has 1 fully saturated rings. The molecular formula is C22H26N2O5S.